The molecule has 1 aliphatic carbocycles. The second-order valence-electron chi connectivity index (χ2n) is 8.19. The van der Waals surface area contributed by atoms with E-state index in [-0.39, 0.29) is 15.5 Å². The van der Waals surface area contributed by atoms with Crippen molar-refractivity contribution in [2.24, 2.45) is 5.92 Å². The molecule has 0 unspecified atom stereocenters. The fourth-order valence-electron chi connectivity index (χ4n) is 4.33. The molecule has 1 aliphatic heterocycles. The van der Waals surface area contributed by atoms with Crippen molar-refractivity contribution in [1.82, 2.24) is 14.5 Å². The molecule has 2 aliphatic rings. The van der Waals surface area contributed by atoms with Crippen molar-refractivity contribution in [3.8, 4) is 0 Å². The zero-order valence-corrected chi connectivity index (χ0v) is 18.4. The van der Waals surface area contributed by atoms with Crippen LogP contribution in [0.15, 0.2) is 29.2 Å². The average Bonchev–Trinajstić information content (AvgIpc) is 3.42. The second-order valence-corrected chi connectivity index (χ2v) is 10.5. The Hall–Kier alpha value is -1.90. The van der Waals surface area contributed by atoms with Gasteiger partial charge in [0, 0.05) is 24.8 Å². The molecule has 1 saturated carbocycles. The van der Waals surface area contributed by atoms with Gasteiger partial charge in [0.25, 0.3) is 5.91 Å². The molecule has 0 atom stereocenters. The van der Waals surface area contributed by atoms with Crippen LogP contribution in [0.1, 0.15) is 61.0 Å². The molecule has 0 spiro atoms. The van der Waals surface area contributed by atoms with Crippen LogP contribution in [0, 0.1) is 5.92 Å². The second kappa shape index (κ2) is 9.08. The van der Waals surface area contributed by atoms with Gasteiger partial charge in [0.2, 0.25) is 10.0 Å². The van der Waals surface area contributed by atoms with Crippen LogP contribution in [0.25, 0.3) is 0 Å². The van der Waals surface area contributed by atoms with Crippen molar-refractivity contribution in [2.75, 3.05) is 18.4 Å². The van der Waals surface area contributed by atoms with Crippen molar-refractivity contribution >= 4 is 33.3 Å². The number of benzene rings is 1. The first kappa shape index (κ1) is 21.3. The van der Waals surface area contributed by atoms with Gasteiger partial charge in [-0.15, -0.1) is 0 Å². The lowest BCUT2D eigenvalue weighted by atomic mass is 9.86. The molecule has 9 heteroatoms. The van der Waals surface area contributed by atoms with Crippen LogP contribution in [0.4, 0.5) is 5.82 Å². The van der Waals surface area contributed by atoms with Gasteiger partial charge in [0.05, 0.1) is 15.5 Å². The molecule has 7 nitrogen and oxygen atoms in total. The van der Waals surface area contributed by atoms with Gasteiger partial charge in [-0.25, -0.2) is 8.42 Å². The first-order chi connectivity index (χ1) is 14.4. The number of anilines is 1. The molecule has 0 bridgehead atoms. The minimum Gasteiger partial charge on any atom is -0.305 e. The molecular formula is C21H27ClN4O3S. The Morgan fingerprint density at radius 2 is 1.87 bits per heavy atom. The Morgan fingerprint density at radius 1 is 1.13 bits per heavy atom. The summed E-state index contributed by atoms with van der Waals surface area (Å²) in [5.74, 6) is 0.591. The summed E-state index contributed by atoms with van der Waals surface area (Å²) in [4.78, 5) is 12.9. The van der Waals surface area contributed by atoms with Gasteiger partial charge in [-0.05, 0) is 43.4 Å². The van der Waals surface area contributed by atoms with E-state index < -0.39 is 15.9 Å². The van der Waals surface area contributed by atoms with E-state index in [0.29, 0.717) is 24.8 Å². The molecule has 30 heavy (non-hydrogen) atoms. The van der Waals surface area contributed by atoms with Crippen LogP contribution in [0.5, 0.6) is 0 Å². The zero-order chi connectivity index (χ0) is 21.1. The minimum absolute atomic E-state index is 0.0824. The number of halogens is 1. The molecule has 4 rings (SSSR count). The highest BCUT2D eigenvalue weighted by molar-refractivity contribution is 7.89. The maximum atomic E-state index is 12.8. The molecule has 162 valence electrons. The Morgan fingerprint density at radius 3 is 2.60 bits per heavy atom. The lowest BCUT2D eigenvalue weighted by molar-refractivity contribution is 0.102. The van der Waals surface area contributed by atoms with Crippen LogP contribution in [0.2, 0.25) is 5.02 Å². The number of nitrogens with one attached hydrogen (secondary N) is 2. The van der Waals surface area contributed by atoms with E-state index in [1.807, 2.05) is 6.07 Å². The molecule has 2 heterocycles. The highest BCUT2D eigenvalue weighted by Crippen LogP contribution is 2.28. The monoisotopic (exact) mass is 450 g/mol. The smallest absolute Gasteiger partial charge is 0.258 e. The first-order valence-corrected chi connectivity index (χ1v) is 12.4. The Labute approximate surface area is 182 Å². The van der Waals surface area contributed by atoms with Gasteiger partial charge in [0.15, 0.2) is 5.82 Å². The summed E-state index contributed by atoms with van der Waals surface area (Å²) >= 11 is 6.20. The van der Waals surface area contributed by atoms with Crippen LogP contribution in [-0.2, 0) is 16.4 Å². The molecule has 1 amide bonds. The van der Waals surface area contributed by atoms with Crippen LogP contribution in [0.3, 0.4) is 0 Å². The number of H-pyrrole nitrogens is 1. The number of sulfonamides is 1. The summed E-state index contributed by atoms with van der Waals surface area (Å²) in [6.45, 7) is 1.01. The number of hydrogen-bond acceptors (Lipinski definition) is 4. The summed E-state index contributed by atoms with van der Waals surface area (Å²) in [7, 11) is -3.62. The fraction of sp³-hybridized carbons (Fsp3) is 0.524. The zero-order valence-electron chi connectivity index (χ0n) is 16.9. The third-order valence-electron chi connectivity index (χ3n) is 5.99. The molecule has 1 aromatic carbocycles. The molecule has 2 aromatic rings. The van der Waals surface area contributed by atoms with E-state index in [9.17, 15) is 13.2 Å². The molecule has 0 radical (unpaired) electrons. The highest BCUT2D eigenvalue weighted by atomic mass is 35.5. The Bertz CT molecular complexity index is 1010. The molecule has 2 N–H and O–H groups in total. The Balaban J connectivity index is 1.47. The van der Waals surface area contributed by atoms with Gasteiger partial charge >= 0.3 is 0 Å². The van der Waals surface area contributed by atoms with Gasteiger partial charge < -0.3 is 5.32 Å². The first-order valence-electron chi connectivity index (χ1n) is 10.6. The van der Waals surface area contributed by atoms with Crippen LogP contribution in [-0.4, -0.2) is 41.9 Å². The number of hydrogen-bond donors (Lipinski definition) is 2. The predicted molar refractivity (Wildman–Crippen MR) is 116 cm³/mol. The van der Waals surface area contributed by atoms with Gasteiger partial charge in [0.1, 0.15) is 0 Å². The van der Waals surface area contributed by atoms with E-state index >= 15 is 0 Å². The summed E-state index contributed by atoms with van der Waals surface area (Å²) in [6, 6.07) is 6.09. The summed E-state index contributed by atoms with van der Waals surface area (Å²) < 4.78 is 27.1. The minimum atomic E-state index is -3.62. The van der Waals surface area contributed by atoms with Crippen molar-refractivity contribution in [3.63, 3.8) is 0 Å². The topological polar surface area (TPSA) is 95.2 Å². The fourth-order valence-corrected chi connectivity index (χ4v) is 6.08. The number of aromatic nitrogens is 2. The SMILES string of the molecule is O=C(Nc1cc(CC2CCCCC2)[nH]n1)c1cc(S(=O)(=O)N2CCCC2)ccc1Cl. The van der Waals surface area contributed by atoms with Crippen molar-refractivity contribution in [2.45, 2.75) is 56.3 Å². The lowest BCUT2D eigenvalue weighted by Gasteiger charge is -2.20. The summed E-state index contributed by atoms with van der Waals surface area (Å²) in [5.41, 5.74) is 1.11. The van der Waals surface area contributed by atoms with E-state index in [1.165, 1.54) is 54.6 Å². The number of carbonyl (C=O) groups excluding carboxylic acids is 1. The van der Waals surface area contributed by atoms with E-state index in [0.717, 1.165) is 25.0 Å². The maximum absolute atomic E-state index is 12.8. The van der Waals surface area contributed by atoms with Gasteiger partial charge in [-0.2, -0.15) is 9.40 Å². The largest absolute Gasteiger partial charge is 0.305 e. The standard InChI is InChI=1S/C21H27ClN4O3S/c22-19-9-8-17(30(28,29)26-10-4-5-11-26)14-18(19)21(27)23-20-13-16(24-25-20)12-15-6-2-1-3-7-15/h8-9,13-15H,1-7,10-12H2,(H2,23,24,25,27). The Kier molecular flexibility index (Phi) is 6.46. The molecule has 2 fully saturated rings. The summed E-state index contributed by atoms with van der Waals surface area (Å²) in [5, 5.41) is 10.1. The van der Waals surface area contributed by atoms with E-state index in [2.05, 4.69) is 15.5 Å². The molecule has 1 aromatic heterocycles. The number of rotatable bonds is 6. The van der Waals surface area contributed by atoms with Crippen molar-refractivity contribution in [3.05, 3.63) is 40.5 Å². The molecular weight excluding hydrogens is 424 g/mol. The number of nitrogens with zero attached hydrogens (tertiary/aromatic N) is 2. The maximum Gasteiger partial charge on any atom is 0.258 e. The van der Waals surface area contributed by atoms with Gasteiger partial charge in [-0.3, -0.25) is 9.89 Å². The number of aromatic amines is 1. The van der Waals surface area contributed by atoms with E-state index in [1.54, 1.807) is 0 Å². The van der Waals surface area contributed by atoms with Gasteiger partial charge in [-0.1, -0.05) is 43.7 Å². The molecule has 1 saturated heterocycles. The third kappa shape index (κ3) is 4.71. The van der Waals surface area contributed by atoms with E-state index in [4.69, 9.17) is 11.6 Å². The van der Waals surface area contributed by atoms with Crippen molar-refractivity contribution in [1.29, 1.82) is 0 Å². The van der Waals surface area contributed by atoms with Crippen LogP contribution < -0.4 is 5.32 Å². The normalized spacial score (nSPS) is 18.6. The quantitative estimate of drug-likeness (QED) is 0.688. The number of amides is 1. The average molecular weight is 451 g/mol. The lowest BCUT2D eigenvalue weighted by Crippen LogP contribution is -2.28. The predicted octanol–water partition coefficient (Wildman–Crippen LogP) is 4.22. The van der Waals surface area contributed by atoms with Crippen LogP contribution >= 0.6 is 11.6 Å². The number of carbonyl (C=O) groups is 1. The van der Waals surface area contributed by atoms with Crippen molar-refractivity contribution < 1.29 is 13.2 Å². The highest BCUT2D eigenvalue weighted by Gasteiger charge is 2.28. The third-order valence-corrected chi connectivity index (χ3v) is 8.22. The summed E-state index contributed by atoms with van der Waals surface area (Å²) in [6.07, 6.45) is 8.95.